The lowest BCUT2D eigenvalue weighted by atomic mass is 10.2. The molecular formula is C10H10N2O. The molecule has 3 nitrogen and oxygen atoms in total. The molecule has 3 heteroatoms. The third kappa shape index (κ3) is 1.54. The number of aromatic nitrogens is 1. The molecule has 1 aromatic heterocycles. The summed E-state index contributed by atoms with van der Waals surface area (Å²) in [5.74, 6) is 1.42. The van der Waals surface area contributed by atoms with Crippen molar-refractivity contribution in [3.63, 3.8) is 0 Å². The van der Waals surface area contributed by atoms with Crippen molar-refractivity contribution >= 4 is 5.69 Å². The molecule has 0 unspecified atom stereocenters. The van der Waals surface area contributed by atoms with Crippen molar-refractivity contribution in [1.29, 1.82) is 0 Å². The van der Waals surface area contributed by atoms with Gasteiger partial charge in [-0.05, 0) is 25.1 Å². The average molecular weight is 174 g/mol. The van der Waals surface area contributed by atoms with Crippen LogP contribution in [0.3, 0.4) is 0 Å². The fourth-order valence-corrected chi connectivity index (χ4v) is 1.16. The molecule has 0 aliphatic rings. The van der Waals surface area contributed by atoms with E-state index in [1.165, 1.54) is 0 Å². The molecule has 0 fully saturated rings. The van der Waals surface area contributed by atoms with Crippen molar-refractivity contribution < 1.29 is 4.42 Å². The van der Waals surface area contributed by atoms with Crippen molar-refractivity contribution in [3.8, 4) is 11.5 Å². The molecule has 0 aliphatic heterocycles. The van der Waals surface area contributed by atoms with Crippen LogP contribution < -0.4 is 5.73 Å². The van der Waals surface area contributed by atoms with Crippen molar-refractivity contribution in [1.82, 2.24) is 4.98 Å². The summed E-state index contributed by atoms with van der Waals surface area (Å²) in [7, 11) is 0. The van der Waals surface area contributed by atoms with Crippen molar-refractivity contribution in [2.75, 3.05) is 5.73 Å². The highest BCUT2D eigenvalue weighted by Crippen LogP contribution is 2.20. The van der Waals surface area contributed by atoms with Gasteiger partial charge in [0.15, 0.2) is 0 Å². The van der Waals surface area contributed by atoms with E-state index in [9.17, 15) is 0 Å². The second-order valence-electron chi connectivity index (χ2n) is 2.90. The Morgan fingerprint density at radius 3 is 2.85 bits per heavy atom. The monoisotopic (exact) mass is 174 g/mol. The van der Waals surface area contributed by atoms with Crippen LogP contribution in [0.4, 0.5) is 5.69 Å². The van der Waals surface area contributed by atoms with Crippen LogP contribution >= 0.6 is 0 Å². The molecule has 0 radical (unpaired) electrons. The molecule has 66 valence electrons. The summed E-state index contributed by atoms with van der Waals surface area (Å²) in [6.45, 7) is 1.86. The molecular weight excluding hydrogens is 164 g/mol. The van der Waals surface area contributed by atoms with Gasteiger partial charge in [0.1, 0.15) is 5.76 Å². The Balaban J connectivity index is 2.46. The van der Waals surface area contributed by atoms with E-state index >= 15 is 0 Å². The number of rotatable bonds is 1. The average Bonchev–Trinajstić information content (AvgIpc) is 2.52. The molecule has 0 saturated carbocycles. The second kappa shape index (κ2) is 2.94. The predicted octanol–water partition coefficient (Wildman–Crippen LogP) is 2.23. The normalized spacial score (nSPS) is 10.2. The third-order valence-electron chi connectivity index (χ3n) is 1.75. The number of oxazole rings is 1. The summed E-state index contributed by atoms with van der Waals surface area (Å²) in [5, 5.41) is 0. The lowest BCUT2D eigenvalue weighted by Crippen LogP contribution is -1.84. The smallest absolute Gasteiger partial charge is 0.226 e. The summed E-state index contributed by atoms with van der Waals surface area (Å²) in [6, 6.07) is 7.47. The molecule has 1 aromatic carbocycles. The van der Waals surface area contributed by atoms with Crippen LogP contribution in [0.25, 0.3) is 11.5 Å². The van der Waals surface area contributed by atoms with Gasteiger partial charge < -0.3 is 10.2 Å². The van der Waals surface area contributed by atoms with Gasteiger partial charge in [0.05, 0.1) is 6.20 Å². The number of nitrogens with zero attached hydrogens (tertiary/aromatic N) is 1. The Kier molecular flexibility index (Phi) is 1.77. The first-order valence-corrected chi connectivity index (χ1v) is 4.04. The number of nitrogens with two attached hydrogens (primary N) is 1. The maximum atomic E-state index is 5.63. The number of hydrogen-bond acceptors (Lipinski definition) is 3. The van der Waals surface area contributed by atoms with Crippen LogP contribution in [0, 0.1) is 6.92 Å². The minimum absolute atomic E-state index is 0.616. The molecule has 0 amide bonds. The summed E-state index contributed by atoms with van der Waals surface area (Å²) in [4.78, 5) is 4.10. The Labute approximate surface area is 76.2 Å². The highest BCUT2D eigenvalue weighted by Gasteiger charge is 2.03. The fourth-order valence-electron chi connectivity index (χ4n) is 1.16. The first-order chi connectivity index (χ1) is 6.25. The zero-order valence-corrected chi connectivity index (χ0v) is 7.32. The largest absolute Gasteiger partial charge is 0.441 e. The van der Waals surface area contributed by atoms with Gasteiger partial charge >= 0.3 is 0 Å². The van der Waals surface area contributed by atoms with Gasteiger partial charge in [0.2, 0.25) is 5.89 Å². The third-order valence-corrected chi connectivity index (χ3v) is 1.75. The molecule has 0 aliphatic carbocycles. The van der Waals surface area contributed by atoms with Crippen LogP contribution in [-0.4, -0.2) is 4.98 Å². The molecule has 0 bridgehead atoms. The zero-order chi connectivity index (χ0) is 9.26. The Morgan fingerprint density at radius 2 is 2.23 bits per heavy atom. The van der Waals surface area contributed by atoms with Crippen molar-refractivity contribution in [2.45, 2.75) is 6.92 Å². The van der Waals surface area contributed by atoms with Gasteiger partial charge in [-0.3, -0.25) is 0 Å². The van der Waals surface area contributed by atoms with Crippen LogP contribution in [0.2, 0.25) is 0 Å². The summed E-state index contributed by atoms with van der Waals surface area (Å²) >= 11 is 0. The highest BCUT2D eigenvalue weighted by molar-refractivity contribution is 5.59. The molecule has 0 atom stereocenters. The number of aryl methyl sites for hydroxylation is 1. The Morgan fingerprint density at radius 1 is 1.38 bits per heavy atom. The first-order valence-electron chi connectivity index (χ1n) is 4.04. The van der Waals surface area contributed by atoms with Crippen LogP contribution in [0.15, 0.2) is 34.9 Å². The van der Waals surface area contributed by atoms with Gasteiger partial charge in [0, 0.05) is 11.3 Å². The molecule has 2 rings (SSSR count). The first kappa shape index (κ1) is 7.86. The number of hydrogen-bond donors (Lipinski definition) is 1. The fraction of sp³-hybridized carbons (Fsp3) is 0.100. The minimum atomic E-state index is 0.616. The molecule has 0 saturated heterocycles. The quantitative estimate of drug-likeness (QED) is 0.674. The van der Waals surface area contributed by atoms with E-state index in [0.717, 1.165) is 11.3 Å². The van der Waals surface area contributed by atoms with E-state index < -0.39 is 0 Å². The summed E-state index contributed by atoms with van der Waals surface area (Å²) in [5.41, 5.74) is 7.26. The number of anilines is 1. The van der Waals surface area contributed by atoms with E-state index in [2.05, 4.69) is 4.98 Å². The molecule has 0 spiro atoms. The van der Waals surface area contributed by atoms with Gasteiger partial charge in [-0.25, -0.2) is 4.98 Å². The van der Waals surface area contributed by atoms with Gasteiger partial charge in [-0.2, -0.15) is 0 Å². The number of benzene rings is 1. The van der Waals surface area contributed by atoms with E-state index in [1.807, 2.05) is 31.2 Å². The Bertz CT molecular complexity index is 420. The molecule has 2 N–H and O–H groups in total. The van der Waals surface area contributed by atoms with Crippen molar-refractivity contribution in [3.05, 3.63) is 36.2 Å². The Hall–Kier alpha value is -1.77. The van der Waals surface area contributed by atoms with Crippen LogP contribution in [0.1, 0.15) is 5.76 Å². The SMILES string of the molecule is Cc1cnc(-c2cccc(N)c2)o1. The van der Waals surface area contributed by atoms with E-state index in [4.69, 9.17) is 10.2 Å². The van der Waals surface area contributed by atoms with E-state index in [0.29, 0.717) is 11.6 Å². The topological polar surface area (TPSA) is 52.0 Å². The molecule has 13 heavy (non-hydrogen) atoms. The lowest BCUT2D eigenvalue weighted by molar-refractivity contribution is 0.542. The van der Waals surface area contributed by atoms with E-state index in [1.54, 1.807) is 6.20 Å². The predicted molar refractivity (Wildman–Crippen MR) is 51.1 cm³/mol. The van der Waals surface area contributed by atoms with Crippen LogP contribution in [-0.2, 0) is 0 Å². The molecule has 2 aromatic rings. The maximum Gasteiger partial charge on any atom is 0.226 e. The van der Waals surface area contributed by atoms with Crippen LogP contribution in [0.5, 0.6) is 0 Å². The lowest BCUT2D eigenvalue weighted by Gasteiger charge is -1.96. The van der Waals surface area contributed by atoms with Gasteiger partial charge in [0.25, 0.3) is 0 Å². The molecule has 1 heterocycles. The zero-order valence-electron chi connectivity index (χ0n) is 7.32. The maximum absolute atomic E-state index is 5.63. The van der Waals surface area contributed by atoms with E-state index in [-0.39, 0.29) is 0 Å². The second-order valence-corrected chi connectivity index (χ2v) is 2.90. The summed E-state index contributed by atoms with van der Waals surface area (Å²) in [6.07, 6.45) is 1.69. The summed E-state index contributed by atoms with van der Waals surface area (Å²) < 4.78 is 5.36. The minimum Gasteiger partial charge on any atom is -0.441 e. The van der Waals surface area contributed by atoms with Crippen molar-refractivity contribution in [2.24, 2.45) is 0 Å². The standard InChI is InChI=1S/C10H10N2O/c1-7-6-12-10(13-7)8-3-2-4-9(11)5-8/h2-6H,11H2,1H3. The number of nitrogen functional groups attached to an aromatic ring is 1. The highest BCUT2D eigenvalue weighted by atomic mass is 16.4. The van der Waals surface area contributed by atoms with Gasteiger partial charge in [-0.1, -0.05) is 6.07 Å². The van der Waals surface area contributed by atoms with Gasteiger partial charge in [-0.15, -0.1) is 0 Å².